The highest BCUT2D eigenvalue weighted by molar-refractivity contribution is 5.82. The van der Waals surface area contributed by atoms with Crippen LogP contribution < -0.4 is 4.74 Å². The molecule has 28 heavy (non-hydrogen) atoms. The molecule has 0 atom stereocenters. The van der Waals surface area contributed by atoms with Gasteiger partial charge in [0.15, 0.2) is 6.61 Å². The Morgan fingerprint density at radius 1 is 1.04 bits per heavy atom. The molecule has 2 aromatic carbocycles. The zero-order chi connectivity index (χ0) is 19.8. The van der Waals surface area contributed by atoms with Gasteiger partial charge in [-0.3, -0.25) is 9.59 Å². The molecule has 0 spiro atoms. The van der Waals surface area contributed by atoms with Crippen LogP contribution in [0.3, 0.4) is 0 Å². The average molecular weight is 379 g/mol. The van der Waals surface area contributed by atoms with E-state index < -0.39 is 0 Å². The average Bonchev–Trinajstić information content (AvgIpc) is 2.77. The maximum Gasteiger partial charge on any atom is 0.306 e. The fourth-order valence-electron chi connectivity index (χ4n) is 3.15. The summed E-state index contributed by atoms with van der Waals surface area (Å²) in [5.41, 5.74) is 3.47. The van der Waals surface area contributed by atoms with Crippen molar-refractivity contribution in [3.63, 3.8) is 0 Å². The number of rotatable bonds is 7. The summed E-state index contributed by atoms with van der Waals surface area (Å²) in [6.07, 6.45) is 3.70. The monoisotopic (exact) mass is 379 g/mol. The van der Waals surface area contributed by atoms with Gasteiger partial charge >= 0.3 is 5.97 Å². The number of amides is 1. The summed E-state index contributed by atoms with van der Waals surface area (Å²) in [4.78, 5) is 26.0. The van der Waals surface area contributed by atoms with Gasteiger partial charge in [0.2, 0.25) is 0 Å². The molecule has 0 N–H and O–H groups in total. The summed E-state index contributed by atoms with van der Waals surface area (Å²) in [7, 11) is 1.62. The third-order valence-corrected chi connectivity index (χ3v) is 4.84. The van der Waals surface area contributed by atoms with E-state index in [1.165, 1.54) is 11.1 Å². The van der Waals surface area contributed by atoms with Crippen LogP contribution in [-0.4, -0.2) is 43.6 Å². The lowest BCUT2D eigenvalue weighted by atomic mass is 10.00. The van der Waals surface area contributed by atoms with E-state index in [4.69, 9.17) is 9.47 Å². The molecule has 2 aromatic rings. The van der Waals surface area contributed by atoms with Crippen molar-refractivity contribution in [1.82, 2.24) is 4.90 Å². The van der Waals surface area contributed by atoms with E-state index in [-0.39, 0.29) is 24.9 Å². The smallest absolute Gasteiger partial charge is 0.306 e. The van der Waals surface area contributed by atoms with Crippen molar-refractivity contribution in [3.8, 4) is 5.75 Å². The molecule has 0 aromatic heterocycles. The molecule has 0 saturated heterocycles. The number of aryl methyl sites for hydroxylation is 1. The van der Waals surface area contributed by atoms with Gasteiger partial charge in [-0.2, -0.15) is 0 Å². The van der Waals surface area contributed by atoms with E-state index >= 15 is 0 Å². The molecule has 1 amide bonds. The van der Waals surface area contributed by atoms with E-state index in [2.05, 4.69) is 18.2 Å². The van der Waals surface area contributed by atoms with Gasteiger partial charge in [0.05, 0.1) is 7.11 Å². The zero-order valence-corrected chi connectivity index (χ0v) is 16.1. The van der Waals surface area contributed by atoms with E-state index in [0.29, 0.717) is 19.5 Å². The second-order valence-electron chi connectivity index (χ2n) is 6.69. The Hall–Kier alpha value is -3.08. The number of nitrogens with zero attached hydrogens (tertiary/aromatic N) is 1. The molecular weight excluding hydrogens is 354 g/mol. The van der Waals surface area contributed by atoms with Crippen LogP contribution in [0.25, 0.3) is 5.57 Å². The molecule has 1 aliphatic rings. The first-order valence-corrected chi connectivity index (χ1v) is 9.46. The Bertz CT molecular complexity index is 827. The minimum Gasteiger partial charge on any atom is -0.497 e. The van der Waals surface area contributed by atoms with Crippen molar-refractivity contribution in [2.24, 2.45) is 0 Å². The maximum absolute atomic E-state index is 12.3. The van der Waals surface area contributed by atoms with E-state index in [1.54, 1.807) is 12.0 Å². The fraction of sp³-hybridized carbons (Fsp3) is 0.304. The third-order valence-electron chi connectivity index (χ3n) is 4.84. The predicted octanol–water partition coefficient (Wildman–Crippen LogP) is 3.49. The molecule has 0 aliphatic carbocycles. The maximum atomic E-state index is 12.3. The summed E-state index contributed by atoms with van der Waals surface area (Å²) in [6.45, 7) is 0.991. The van der Waals surface area contributed by atoms with Gasteiger partial charge in [-0.05, 0) is 41.7 Å². The van der Waals surface area contributed by atoms with Gasteiger partial charge in [0.25, 0.3) is 5.91 Å². The summed E-state index contributed by atoms with van der Waals surface area (Å²) in [5, 5.41) is 0. The van der Waals surface area contributed by atoms with Crippen molar-refractivity contribution in [2.45, 2.75) is 19.3 Å². The van der Waals surface area contributed by atoms with Crippen LogP contribution >= 0.6 is 0 Å². The van der Waals surface area contributed by atoms with E-state index in [1.807, 2.05) is 42.5 Å². The van der Waals surface area contributed by atoms with Gasteiger partial charge in [0, 0.05) is 19.5 Å². The minimum atomic E-state index is -0.360. The van der Waals surface area contributed by atoms with Crippen LogP contribution in [0.1, 0.15) is 24.0 Å². The highest BCUT2D eigenvalue weighted by atomic mass is 16.5. The fourth-order valence-corrected chi connectivity index (χ4v) is 3.15. The van der Waals surface area contributed by atoms with Gasteiger partial charge in [-0.1, -0.05) is 48.5 Å². The quantitative estimate of drug-likeness (QED) is 0.691. The molecule has 3 rings (SSSR count). The first kappa shape index (κ1) is 19.7. The first-order chi connectivity index (χ1) is 13.7. The van der Waals surface area contributed by atoms with Crippen LogP contribution in [0.4, 0.5) is 0 Å². The standard InChI is InChI=1S/C23H25NO4/c1-27-21-10-7-18(8-11-21)9-12-23(26)28-17-22(25)24-15-13-20(14-16-24)19-5-3-2-4-6-19/h2-8,10-11,13H,9,12,14-17H2,1H3. The molecule has 0 bridgehead atoms. The summed E-state index contributed by atoms with van der Waals surface area (Å²) in [5.74, 6) is 0.269. The van der Waals surface area contributed by atoms with Crippen molar-refractivity contribution in [2.75, 3.05) is 26.8 Å². The van der Waals surface area contributed by atoms with E-state index in [9.17, 15) is 9.59 Å². The van der Waals surface area contributed by atoms with Crippen LogP contribution in [0.5, 0.6) is 5.75 Å². The molecule has 5 heteroatoms. The number of benzene rings is 2. The highest BCUT2D eigenvalue weighted by Gasteiger charge is 2.19. The van der Waals surface area contributed by atoms with Crippen LogP contribution in [0, 0.1) is 0 Å². The molecule has 1 heterocycles. The number of ether oxygens (including phenoxy) is 2. The lowest BCUT2D eigenvalue weighted by Crippen LogP contribution is -2.37. The normalized spacial score (nSPS) is 13.6. The molecule has 1 aliphatic heterocycles. The molecule has 0 saturated carbocycles. The number of carbonyl (C=O) groups is 2. The highest BCUT2D eigenvalue weighted by Crippen LogP contribution is 2.22. The van der Waals surface area contributed by atoms with E-state index in [0.717, 1.165) is 17.7 Å². The molecule has 146 valence electrons. The van der Waals surface area contributed by atoms with Crippen molar-refractivity contribution in [3.05, 3.63) is 71.8 Å². The second kappa shape index (κ2) is 9.74. The van der Waals surface area contributed by atoms with Crippen LogP contribution in [-0.2, 0) is 20.7 Å². The Morgan fingerprint density at radius 3 is 2.43 bits per heavy atom. The van der Waals surface area contributed by atoms with Gasteiger partial charge in [-0.15, -0.1) is 0 Å². The number of hydrogen-bond acceptors (Lipinski definition) is 4. The Balaban J connectivity index is 1.40. The lowest BCUT2D eigenvalue weighted by molar-refractivity contribution is -0.151. The Kier molecular flexibility index (Phi) is 6.84. The number of esters is 1. The SMILES string of the molecule is COc1ccc(CCC(=O)OCC(=O)N2CC=C(c3ccccc3)CC2)cc1. The van der Waals surface area contributed by atoms with Gasteiger partial charge in [0.1, 0.15) is 5.75 Å². The van der Waals surface area contributed by atoms with Gasteiger partial charge in [-0.25, -0.2) is 0 Å². The number of methoxy groups -OCH3 is 1. The topological polar surface area (TPSA) is 55.8 Å². The van der Waals surface area contributed by atoms with Crippen molar-refractivity contribution >= 4 is 17.4 Å². The summed E-state index contributed by atoms with van der Waals surface area (Å²) < 4.78 is 10.3. The predicted molar refractivity (Wildman–Crippen MR) is 108 cm³/mol. The van der Waals surface area contributed by atoms with Crippen LogP contribution in [0.15, 0.2) is 60.7 Å². The lowest BCUT2D eigenvalue weighted by Gasteiger charge is -2.26. The third kappa shape index (κ3) is 5.46. The summed E-state index contributed by atoms with van der Waals surface area (Å²) >= 11 is 0. The molecule has 5 nitrogen and oxygen atoms in total. The van der Waals surface area contributed by atoms with Crippen molar-refractivity contribution < 1.29 is 19.1 Å². The second-order valence-corrected chi connectivity index (χ2v) is 6.69. The molecule has 0 radical (unpaired) electrons. The molecule has 0 unspecified atom stereocenters. The Morgan fingerprint density at radius 2 is 1.79 bits per heavy atom. The van der Waals surface area contributed by atoms with Crippen molar-refractivity contribution in [1.29, 1.82) is 0 Å². The summed E-state index contributed by atoms with van der Waals surface area (Å²) in [6, 6.07) is 17.7. The zero-order valence-electron chi connectivity index (χ0n) is 16.1. The largest absolute Gasteiger partial charge is 0.497 e. The minimum absolute atomic E-state index is 0.152. The number of carbonyl (C=O) groups excluding carboxylic acids is 2. The van der Waals surface area contributed by atoms with Gasteiger partial charge < -0.3 is 14.4 Å². The Labute approximate surface area is 165 Å². The van der Waals surface area contributed by atoms with Crippen LogP contribution in [0.2, 0.25) is 0 Å². The molecule has 0 fully saturated rings. The number of hydrogen-bond donors (Lipinski definition) is 0. The first-order valence-electron chi connectivity index (χ1n) is 9.46. The molecular formula is C23H25NO4.